The molecule has 104 valence electrons. The minimum absolute atomic E-state index is 0.222. The molecule has 0 amide bonds. The third kappa shape index (κ3) is 2.68. The summed E-state index contributed by atoms with van der Waals surface area (Å²) in [6.45, 7) is 5.80. The van der Waals surface area contributed by atoms with Crippen LogP contribution in [-0.2, 0) is 9.53 Å². The van der Waals surface area contributed by atoms with E-state index in [4.69, 9.17) is 10.5 Å². The number of carbonyl (C=O) groups is 1. The van der Waals surface area contributed by atoms with Crippen LogP contribution in [0.5, 0.6) is 0 Å². The van der Waals surface area contributed by atoms with E-state index in [2.05, 4.69) is 18.7 Å². The molecule has 4 unspecified atom stereocenters. The summed E-state index contributed by atoms with van der Waals surface area (Å²) in [4.78, 5) is 13.7. The summed E-state index contributed by atoms with van der Waals surface area (Å²) in [6, 6.07) is 0.628. The molecular weight excluding hydrogens is 232 g/mol. The fourth-order valence-corrected chi connectivity index (χ4v) is 3.19. The largest absolute Gasteiger partial charge is 0.480 e. The van der Waals surface area contributed by atoms with Crippen LogP contribution in [-0.4, -0.2) is 52.9 Å². The fraction of sp³-hybridized carbons (Fsp3) is 0.923. The first-order chi connectivity index (χ1) is 8.42. The molecule has 0 spiro atoms. The number of ether oxygens (including phenoxy) is 1. The normalized spacial score (nSPS) is 42.7. The maximum atomic E-state index is 11.3. The van der Waals surface area contributed by atoms with Crippen LogP contribution in [0.1, 0.15) is 39.5 Å². The van der Waals surface area contributed by atoms with Crippen molar-refractivity contribution < 1.29 is 14.6 Å². The summed E-state index contributed by atoms with van der Waals surface area (Å²) in [5.74, 6) is -0.860. The van der Waals surface area contributed by atoms with Crippen LogP contribution in [0.15, 0.2) is 0 Å². The molecule has 2 fully saturated rings. The number of hydrogen-bond acceptors (Lipinski definition) is 4. The summed E-state index contributed by atoms with van der Waals surface area (Å²) in [6.07, 6.45) is 3.31. The van der Waals surface area contributed by atoms with Gasteiger partial charge in [0, 0.05) is 18.6 Å². The smallest absolute Gasteiger partial charge is 0.323 e. The van der Waals surface area contributed by atoms with Gasteiger partial charge >= 0.3 is 5.97 Å². The van der Waals surface area contributed by atoms with Gasteiger partial charge in [-0.25, -0.2) is 0 Å². The molecule has 2 rings (SSSR count). The van der Waals surface area contributed by atoms with E-state index in [0.29, 0.717) is 18.9 Å². The molecule has 0 aromatic carbocycles. The number of aliphatic carboxylic acids is 1. The van der Waals surface area contributed by atoms with Gasteiger partial charge in [-0.15, -0.1) is 0 Å². The third-order valence-electron chi connectivity index (χ3n) is 4.31. The van der Waals surface area contributed by atoms with Gasteiger partial charge in [0.2, 0.25) is 0 Å². The maximum Gasteiger partial charge on any atom is 0.323 e. The summed E-state index contributed by atoms with van der Waals surface area (Å²) in [7, 11) is 0. The highest BCUT2D eigenvalue weighted by molar-refractivity contribution is 5.78. The minimum Gasteiger partial charge on any atom is -0.480 e. The van der Waals surface area contributed by atoms with E-state index < -0.39 is 11.5 Å². The topological polar surface area (TPSA) is 75.8 Å². The van der Waals surface area contributed by atoms with Crippen LogP contribution in [0.25, 0.3) is 0 Å². The third-order valence-corrected chi connectivity index (χ3v) is 4.31. The Morgan fingerprint density at radius 3 is 2.89 bits per heavy atom. The van der Waals surface area contributed by atoms with Crippen LogP contribution < -0.4 is 5.73 Å². The molecule has 2 aliphatic rings. The molecular formula is C13H24N2O3. The van der Waals surface area contributed by atoms with Crippen LogP contribution >= 0.6 is 0 Å². The molecule has 18 heavy (non-hydrogen) atoms. The van der Waals surface area contributed by atoms with Gasteiger partial charge in [-0.05, 0) is 39.5 Å². The highest BCUT2D eigenvalue weighted by Crippen LogP contribution is 2.32. The van der Waals surface area contributed by atoms with Crippen molar-refractivity contribution in [3.63, 3.8) is 0 Å². The Kier molecular flexibility index (Phi) is 3.94. The maximum absolute atomic E-state index is 11.3. The SMILES string of the molecule is CC1CN(C2CCCC(N)(C(=O)O)C2)C(C)CO1. The number of carboxylic acid groups (broad SMARTS) is 1. The molecule has 3 N–H and O–H groups in total. The Morgan fingerprint density at radius 1 is 1.50 bits per heavy atom. The van der Waals surface area contributed by atoms with Gasteiger partial charge in [0.1, 0.15) is 5.54 Å². The van der Waals surface area contributed by atoms with Gasteiger partial charge in [0.25, 0.3) is 0 Å². The molecule has 0 radical (unpaired) electrons. The predicted octanol–water partition coefficient (Wildman–Crippen LogP) is 0.820. The van der Waals surface area contributed by atoms with Crippen molar-refractivity contribution in [1.29, 1.82) is 0 Å². The summed E-state index contributed by atoms with van der Waals surface area (Å²) < 4.78 is 5.62. The van der Waals surface area contributed by atoms with E-state index >= 15 is 0 Å². The second-order valence-corrected chi connectivity index (χ2v) is 5.90. The van der Waals surface area contributed by atoms with Gasteiger partial charge in [-0.3, -0.25) is 9.69 Å². The van der Waals surface area contributed by atoms with Crippen LogP contribution in [0.2, 0.25) is 0 Å². The zero-order valence-electron chi connectivity index (χ0n) is 11.3. The van der Waals surface area contributed by atoms with Gasteiger partial charge in [0.05, 0.1) is 12.7 Å². The standard InChI is InChI=1S/C13H24N2O3/c1-9-8-18-10(2)7-15(9)11-4-3-5-13(14,6-11)12(16)17/h9-11H,3-8,14H2,1-2H3,(H,16,17). The van der Waals surface area contributed by atoms with Gasteiger partial charge < -0.3 is 15.6 Å². The summed E-state index contributed by atoms with van der Waals surface area (Å²) in [5, 5.41) is 9.26. The lowest BCUT2D eigenvalue weighted by Gasteiger charge is -2.46. The number of nitrogens with zero attached hydrogens (tertiary/aromatic N) is 1. The van der Waals surface area contributed by atoms with Gasteiger partial charge in [0.15, 0.2) is 0 Å². The summed E-state index contributed by atoms with van der Waals surface area (Å²) >= 11 is 0. The van der Waals surface area contributed by atoms with E-state index in [1.807, 2.05) is 0 Å². The van der Waals surface area contributed by atoms with Crippen molar-refractivity contribution in [2.24, 2.45) is 5.73 Å². The van der Waals surface area contributed by atoms with Gasteiger partial charge in [-0.1, -0.05) is 0 Å². The molecule has 5 nitrogen and oxygen atoms in total. The van der Waals surface area contributed by atoms with Crippen molar-refractivity contribution >= 4 is 5.97 Å². The lowest BCUT2D eigenvalue weighted by Crippen LogP contribution is -2.59. The Labute approximate surface area is 108 Å². The lowest BCUT2D eigenvalue weighted by molar-refractivity contribution is -0.146. The number of nitrogens with two attached hydrogens (primary N) is 1. The highest BCUT2D eigenvalue weighted by atomic mass is 16.5. The molecule has 1 aliphatic heterocycles. The molecule has 5 heteroatoms. The van der Waals surface area contributed by atoms with Crippen molar-refractivity contribution in [3.05, 3.63) is 0 Å². The van der Waals surface area contributed by atoms with E-state index in [1.54, 1.807) is 0 Å². The number of hydrogen-bond donors (Lipinski definition) is 2. The first kappa shape index (κ1) is 13.8. The molecule has 1 saturated carbocycles. The van der Waals surface area contributed by atoms with Crippen LogP contribution in [0.4, 0.5) is 0 Å². The van der Waals surface area contributed by atoms with E-state index in [0.717, 1.165) is 26.0 Å². The van der Waals surface area contributed by atoms with E-state index in [1.165, 1.54) is 0 Å². The average molecular weight is 256 g/mol. The number of morpholine rings is 1. The van der Waals surface area contributed by atoms with Crippen LogP contribution in [0.3, 0.4) is 0 Å². The second-order valence-electron chi connectivity index (χ2n) is 5.90. The first-order valence-corrected chi connectivity index (χ1v) is 6.82. The van der Waals surface area contributed by atoms with Gasteiger partial charge in [-0.2, -0.15) is 0 Å². The van der Waals surface area contributed by atoms with E-state index in [-0.39, 0.29) is 12.1 Å². The minimum atomic E-state index is -1.04. The quantitative estimate of drug-likeness (QED) is 0.765. The molecule has 1 aliphatic carbocycles. The van der Waals surface area contributed by atoms with Crippen LogP contribution in [0, 0.1) is 0 Å². The lowest BCUT2D eigenvalue weighted by atomic mass is 9.78. The number of rotatable bonds is 2. The Bertz CT molecular complexity index is 323. The molecule has 0 bridgehead atoms. The molecule has 0 aromatic rings. The molecule has 0 aromatic heterocycles. The Balaban J connectivity index is 2.06. The van der Waals surface area contributed by atoms with E-state index in [9.17, 15) is 9.90 Å². The fourth-order valence-electron chi connectivity index (χ4n) is 3.19. The van der Waals surface area contributed by atoms with Crippen molar-refractivity contribution in [2.45, 2.75) is 63.3 Å². The first-order valence-electron chi connectivity index (χ1n) is 6.82. The molecule has 4 atom stereocenters. The second kappa shape index (κ2) is 5.15. The highest BCUT2D eigenvalue weighted by Gasteiger charge is 2.42. The van der Waals surface area contributed by atoms with Crippen molar-refractivity contribution in [2.75, 3.05) is 13.2 Å². The molecule has 1 heterocycles. The predicted molar refractivity (Wildman–Crippen MR) is 68.4 cm³/mol. The van der Waals surface area contributed by atoms with Crippen molar-refractivity contribution in [1.82, 2.24) is 4.90 Å². The number of carboxylic acids is 1. The Morgan fingerprint density at radius 2 is 2.22 bits per heavy atom. The Hall–Kier alpha value is -0.650. The zero-order valence-corrected chi connectivity index (χ0v) is 11.3. The van der Waals surface area contributed by atoms with Crippen molar-refractivity contribution in [3.8, 4) is 0 Å². The zero-order chi connectivity index (χ0) is 13.3. The monoisotopic (exact) mass is 256 g/mol. The molecule has 1 saturated heterocycles. The summed E-state index contributed by atoms with van der Waals surface area (Å²) in [5.41, 5.74) is 4.98. The average Bonchev–Trinajstić information content (AvgIpc) is 2.32.